The molecule has 1 N–H and O–H groups in total. The third-order valence-corrected chi connectivity index (χ3v) is 5.00. The molecule has 0 bridgehead atoms. The summed E-state index contributed by atoms with van der Waals surface area (Å²) in [6.45, 7) is 10.8. The highest BCUT2D eigenvalue weighted by Crippen LogP contribution is 2.40. The van der Waals surface area contributed by atoms with Crippen LogP contribution in [0.1, 0.15) is 40.5 Å². The molecule has 4 heteroatoms. The molecular formula is C15H27N3O. The first-order valence-corrected chi connectivity index (χ1v) is 7.81. The Kier molecular flexibility index (Phi) is 3.34. The van der Waals surface area contributed by atoms with Crippen molar-refractivity contribution in [2.45, 2.75) is 70.7 Å². The van der Waals surface area contributed by atoms with Crippen LogP contribution in [0.4, 0.5) is 0 Å². The molecule has 3 fully saturated rings. The number of rotatable bonds is 3. The second kappa shape index (κ2) is 4.74. The number of amides is 1. The molecule has 4 nitrogen and oxygen atoms in total. The van der Waals surface area contributed by atoms with E-state index in [0.717, 1.165) is 19.0 Å². The molecule has 2 aliphatic heterocycles. The van der Waals surface area contributed by atoms with E-state index in [1.165, 1.54) is 12.8 Å². The van der Waals surface area contributed by atoms with Gasteiger partial charge in [-0.05, 0) is 46.5 Å². The van der Waals surface area contributed by atoms with Crippen molar-refractivity contribution in [1.82, 2.24) is 15.1 Å². The molecule has 0 radical (unpaired) electrons. The molecule has 0 aromatic carbocycles. The molecular weight excluding hydrogens is 238 g/mol. The molecule has 2 saturated heterocycles. The maximum absolute atomic E-state index is 12.6. The largest absolute Gasteiger partial charge is 0.336 e. The number of hydrogen-bond donors (Lipinski definition) is 1. The van der Waals surface area contributed by atoms with Gasteiger partial charge in [-0.2, -0.15) is 0 Å². The molecule has 4 atom stereocenters. The van der Waals surface area contributed by atoms with Crippen molar-refractivity contribution in [2.24, 2.45) is 5.92 Å². The maximum atomic E-state index is 12.6. The van der Waals surface area contributed by atoms with Crippen LogP contribution in [0, 0.1) is 5.92 Å². The Balaban J connectivity index is 1.60. The average Bonchev–Trinajstić information content (AvgIpc) is 3.21. The molecule has 1 aliphatic carbocycles. The standard InChI is InChI=1S/C15H27N3O/c1-9(2)17-7-11(4)18(8-10(17)3)15(19)14-13(16-14)12-5-6-12/h9-14,16H,5-8H2,1-4H3/t10-,11+,13-,14+/m0/s1. The molecule has 3 aliphatic rings. The van der Waals surface area contributed by atoms with Gasteiger partial charge in [-0.1, -0.05) is 0 Å². The van der Waals surface area contributed by atoms with E-state index in [-0.39, 0.29) is 6.04 Å². The third kappa shape index (κ3) is 2.52. The fourth-order valence-electron chi connectivity index (χ4n) is 3.60. The first-order chi connectivity index (χ1) is 8.99. The normalized spacial score (nSPS) is 39.7. The molecule has 0 spiro atoms. The van der Waals surface area contributed by atoms with Crippen LogP contribution in [0.25, 0.3) is 0 Å². The van der Waals surface area contributed by atoms with Crippen LogP contribution < -0.4 is 5.32 Å². The molecule has 3 rings (SSSR count). The molecule has 0 aromatic heterocycles. The van der Waals surface area contributed by atoms with E-state index in [1.807, 2.05) is 0 Å². The minimum atomic E-state index is 0.132. The summed E-state index contributed by atoms with van der Waals surface area (Å²) in [6.07, 6.45) is 2.63. The lowest BCUT2D eigenvalue weighted by Gasteiger charge is -2.46. The Morgan fingerprint density at radius 3 is 2.42 bits per heavy atom. The predicted molar refractivity (Wildman–Crippen MR) is 75.9 cm³/mol. The van der Waals surface area contributed by atoms with Crippen LogP contribution in [0.5, 0.6) is 0 Å². The van der Waals surface area contributed by atoms with Gasteiger partial charge in [-0.15, -0.1) is 0 Å². The zero-order valence-electron chi connectivity index (χ0n) is 12.6. The summed E-state index contributed by atoms with van der Waals surface area (Å²) in [5.41, 5.74) is 0. The highest BCUT2D eigenvalue weighted by atomic mass is 16.2. The zero-order chi connectivity index (χ0) is 13.7. The monoisotopic (exact) mass is 265 g/mol. The number of nitrogens with zero attached hydrogens (tertiary/aromatic N) is 2. The van der Waals surface area contributed by atoms with Gasteiger partial charge in [0.2, 0.25) is 5.91 Å². The summed E-state index contributed by atoms with van der Waals surface area (Å²) in [7, 11) is 0. The van der Waals surface area contributed by atoms with E-state index in [2.05, 4.69) is 42.8 Å². The van der Waals surface area contributed by atoms with E-state index in [9.17, 15) is 4.79 Å². The van der Waals surface area contributed by atoms with Gasteiger partial charge in [-0.25, -0.2) is 0 Å². The van der Waals surface area contributed by atoms with Crippen molar-refractivity contribution in [2.75, 3.05) is 13.1 Å². The van der Waals surface area contributed by atoms with Crippen LogP contribution in [0.2, 0.25) is 0 Å². The van der Waals surface area contributed by atoms with Crippen LogP contribution in [0.3, 0.4) is 0 Å². The summed E-state index contributed by atoms with van der Waals surface area (Å²) in [5, 5.41) is 3.39. The summed E-state index contributed by atoms with van der Waals surface area (Å²) >= 11 is 0. The van der Waals surface area contributed by atoms with Gasteiger partial charge < -0.3 is 4.90 Å². The van der Waals surface area contributed by atoms with Gasteiger partial charge in [0, 0.05) is 37.3 Å². The van der Waals surface area contributed by atoms with Crippen LogP contribution in [-0.4, -0.2) is 59.0 Å². The number of carbonyl (C=O) groups excluding carboxylic acids is 1. The van der Waals surface area contributed by atoms with Crippen molar-refractivity contribution in [3.63, 3.8) is 0 Å². The van der Waals surface area contributed by atoms with Gasteiger partial charge in [0.25, 0.3) is 0 Å². The van der Waals surface area contributed by atoms with Crippen molar-refractivity contribution in [3.05, 3.63) is 0 Å². The van der Waals surface area contributed by atoms with Gasteiger partial charge in [-0.3, -0.25) is 15.0 Å². The lowest BCUT2D eigenvalue weighted by atomic mass is 10.0. The van der Waals surface area contributed by atoms with Crippen molar-refractivity contribution >= 4 is 5.91 Å². The van der Waals surface area contributed by atoms with Gasteiger partial charge in [0.15, 0.2) is 0 Å². The Hall–Kier alpha value is -0.610. The molecule has 0 aromatic rings. The second-order valence-corrected chi connectivity index (χ2v) is 6.99. The first-order valence-electron chi connectivity index (χ1n) is 7.81. The number of carbonyl (C=O) groups is 1. The zero-order valence-corrected chi connectivity index (χ0v) is 12.6. The van der Waals surface area contributed by atoms with Crippen molar-refractivity contribution in [1.29, 1.82) is 0 Å². The maximum Gasteiger partial charge on any atom is 0.241 e. The number of piperazine rings is 1. The highest BCUT2D eigenvalue weighted by Gasteiger charge is 2.53. The van der Waals surface area contributed by atoms with Crippen LogP contribution >= 0.6 is 0 Å². The molecule has 19 heavy (non-hydrogen) atoms. The Morgan fingerprint density at radius 1 is 1.16 bits per heavy atom. The van der Waals surface area contributed by atoms with Crippen molar-refractivity contribution in [3.8, 4) is 0 Å². The van der Waals surface area contributed by atoms with E-state index < -0.39 is 0 Å². The summed E-state index contributed by atoms with van der Waals surface area (Å²) < 4.78 is 0. The van der Waals surface area contributed by atoms with Crippen molar-refractivity contribution < 1.29 is 4.79 Å². The van der Waals surface area contributed by atoms with Gasteiger partial charge in [0.05, 0.1) is 0 Å². The fraction of sp³-hybridized carbons (Fsp3) is 0.933. The molecule has 1 amide bonds. The molecule has 108 valence electrons. The van der Waals surface area contributed by atoms with Crippen LogP contribution in [0.15, 0.2) is 0 Å². The lowest BCUT2D eigenvalue weighted by Crippen LogP contribution is -2.60. The van der Waals surface area contributed by atoms with Crippen LogP contribution in [-0.2, 0) is 4.79 Å². The minimum absolute atomic E-state index is 0.132. The van der Waals surface area contributed by atoms with E-state index in [0.29, 0.717) is 30.1 Å². The molecule has 0 unspecified atom stereocenters. The van der Waals surface area contributed by atoms with Gasteiger partial charge in [0.1, 0.15) is 6.04 Å². The minimum Gasteiger partial charge on any atom is -0.336 e. The molecule has 2 heterocycles. The summed E-state index contributed by atoms with van der Waals surface area (Å²) in [6, 6.07) is 2.01. The summed E-state index contributed by atoms with van der Waals surface area (Å²) in [4.78, 5) is 17.2. The Morgan fingerprint density at radius 2 is 1.84 bits per heavy atom. The molecule has 1 saturated carbocycles. The topological polar surface area (TPSA) is 45.5 Å². The lowest BCUT2D eigenvalue weighted by molar-refractivity contribution is -0.137. The average molecular weight is 265 g/mol. The Bertz CT molecular complexity index is 366. The van der Waals surface area contributed by atoms with E-state index in [1.54, 1.807) is 0 Å². The summed E-state index contributed by atoms with van der Waals surface area (Å²) in [5.74, 6) is 1.14. The smallest absolute Gasteiger partial charge is 0.241 e. The Labute approximate surface area is 116 Å². The predicted octanol–water partition coefficient (Wildman–Crippen LogP) is 1.07. The third-order valence-electron chi connectivity index (χ3n) is 5.00. The van der Waals surface area contributed by atoms with E-state index in [4.69, 9.17) is 0 Å². The fourth-order valence-corrected chi connectivity index (χ4v) is 3.60. The number of hydrogen-bond acceptors (Lipinski definition) is 3. The quantitative estimate of drug-likeness (QED) is 0.776. The SMILES string of the molecule is CC(C)N1C[C@@H](C)N(C(=O)[C@@H]2N[C@H]2C2CC2)C[C@@H]1C. The number of nitrogens with one attached hydrogen (secondary N) is 1. The highest BCUT2D eigenvalue weighted by molar-refractivity contribution is 5.86. The first kappa shape index (κ1) is 13.4. The van der Waals surface area contributed by atoms with E-state index >= 15 is 0 Å². The second-order valence-electron chi connectivity index (χ2n) is 6.99. The van der Waals surface area contributed by atoms with Gasteiger partial charge >= 0.3 is 0 Å².